The van der Waals surface area contributed by atoms with Gasteiger partial charge in [-0.15, -0.1) is 0 Å². The largest absolute Gasteiger partial charge is 0.213 e. The monoisotopic (exact) mass is 1730 g/mol. The van der Waals surface area contributed by atoms with Crippen LogP contribution >= 0.6 is 0 Å². The quantitative estimate of drug-likeness (QED) is 0.135. The van der Waals surface area contributed by atoms with Crippen LogP contribution in [0, 0.1) is 55.1 Å². The molecule has 2 unspecified atom stereocenters. The molecule has 2 spiro atoms. The number of aryl methyl sites for hydroxylation is 12. The minimum atomic E-state index is -2.40. The van der Waals surface area contributed by atoms with Crippen LogP contribution in [0.3, 0.4) is 0 Å². The number of hydrogen-bond acceptors (Lipinski definition) is 0. The highest BCUT2D eigenvalue weighted by atomic mass is 14.9. The SMILES string of the molecule is [2H]C([2H])([2H])c1c[n+](C)c(-c2ccccc2C)cc1-c1ccc2c(c1)C([2H])(C)c1ccccc1C2([2H])C.[2H]C([2H])([2H])c1c[n+](C)c(-c2ccccc2C)cc1-c1ccc2c(c1)C([2H])([2H])c1ccccc1C2([2H])[2H].[2H]C([2H])([2H])c1c[n+](C)c(-c2ccccc2C)cc1-c1ccc2c(c1)C1(CCCC1)c1ccccc1C2(C)C.[2H]C([2H])([2H])c1c[n+](C)c(-c2ccccc2C)cc1-c1ccc2c(c1)C1(CCCCC1)c1ccccc1C2(C)C. The second kappa shape index (κ2) is 35.2. The summed E-state index contributed by atoms with van der Waals surface area (Å²) in [6.07, 6.45) is 13.9. The highest BCUT2D eigenvalue weighted by Crippen LogP contribution is 2.59. The fraction of sp³-hybridized carbons (Fsp3) is 0.276. The molecular formula is C127H130N4+4. The van der Waals surface area contributed by atoms with Crippen molar-refractivity contribution in [3.05, 3.63) is 449 Å². The van der Waals surface area contributed by atoms with Crippen molar-refractivity contribution in [2.45, 2.75) is 201 Å². The molecule has 4 aromatic heterocycles. The van der Waals surface area contributed by atoms with E-state index in [-0.39, 0.29) is 49.5 Å². The van der Waals surface area contributed by atoms with E-state index < -0.39 is 51.9 Å². The van der Waals surface area contributed by atoms with Crippen molar-refractivity contribution in [1.82, 2.24) is 0 Å². The van der Waals surface area contributed by atoms with Gasteiger partial charge in [-0.3, -0.25) is 0 Å². The van der Waals surface area contributed by atoms with Crippen LogP contribution in [0.4, 0.5) is 0 Å². The molecule has 6 aliphatic rings. The van der Waals surface area contributed by atoms with Gasteiger partial charge in [0.1, 0.15) is 28.2 Å². The molecule has 0 saturated heterocycles. The van der Waals surface area contributed by atoms with Crippen LogP contribution in [0.2, 0.25) is 0 Å². The van der Waals surface area contributed by atoms with E-state index >= 15 is 0 Å². The standard InChI is InChI=1S/C35H38N.C34H36N.C30H30N.C28H26N/c1-24-13-7-8-14-27(24)33-22-28(25(2)23-36(33)5)26-17-18-30-32(21-26)35(19-11-6-12-20-35)31-16-10-9-15-29(31)34(30,3)4;1-23-12-6-7-13-26(23)32-21-27(24(2)22-35(32)5)25-16-17-29-31(20-25)34(18-10-11-19-34)30-15-9-8-14-28(30)33(29,3)4;1-19-10-6-7-11-24(19)30-17-28(20(2)18-31(30)5)23-14-15-27-21(3)25-12-8-9-13-26(25)22(4)29(27)16-23;1-19-8-4-7-11-26(19)28-17-27(20(2)18-29(28)3)24-13-12-23-14-21-9-5-6-10-22(21)15-25(23)16-24/h7-10,13-18,21-23H,6,11-12,19-20H2,1-5H3;6-9,12-17,20-22H,10-11,18-19H2,1-5H3;6-18,21-22H,1-5H3;4-13,16-18H,14-15H2,1-3H3/q4*+1/i2*2D3;2D3,21D,22D;2D3,14D2,15D2. The maximum absolute atomic E-state index is 9.34. The maximum atomic E-state index is 9.34. The van der Waals surface area contributed by atoms with E-state index in [9.17, 15) is 2.74 Å². The molecule has 0 bridgehead atoms. The summed E-state index contributed by atoms with van der Waals surface area (Å²) < 4.78 is 161. The minimum absolute atomic E-state index is 0.00407. The summed E-state index contributed by atoms with van der Waals surface area (Å²) in [6.45, 7) is 12.2. The summed E-state index contributed by atoms with van der Waals surface area (Å²) in [5, 5.41) is 0. The Labute approximate surface area is 806 Å². The summed E-state index contributed by atoms with van der Waals surface area (Å²) >= 11 is 0. The summed E-state index contributed by atoms with van der Waals surface area (Å²) in [7, 11) is 7.58. The molecule has 0 aliphatic heterocycles. The van der Waals surface area contributed by atoms with Crippen LogP contribution in [0.5, 0.6) is 0 Å². The third-order valence-electron chi connectivity index (χ3n) is 29.9. The third kappa shape index (κ3) is 15.8. The fourth-order valence-electron chi connectivity index (χ4n) is 22.7. The van der Waals surface area contributed by atoms with Crippen molar-refractivity contribution in [1.29, 1.82) is 0 Å². The number of fused-ring (bicyclic) bond motifs is 12. The predicted molar refractivity (Wildman–Crippen MR) is 546 cm³/mol. The normalized spacial score (nSPS) is 20.5. The van der Waals surface area contributed by atoms with Crippen molar-refractivity contribution in [3.63, 3.8) is 0 Å². The van der Waals surface area contributed by atoms with Crippen molar-refractivity contribution in [2.75, 3.05) is 0 Å². The van der Waals surface area contributed by atoms with E-state index in [1.165, 1.54) is 87.7 Å². The molecule has 2 saturated carbocycles. The maximum Gasteiger partial charge on any atom is 0.213 e. The van der Waals surface area contributed by atoms with Gasteiger partial charge in [0, 0.05) is 127 Å². The Bertz CT molecular complexity index is 7760. The zero-order valence-electron chi connectivity index (χ0n) is 96.2. The molecule has 6 aliphatic carbocycles. The summed E-state index contributed by atoms with van der Waals surface area (Å²) in [5.74, 6) is -2.08. The lowest BCUT2D eigenvalue weighted by molar-refractivity contribution is -0.660. The van der Waals surface area contributed by atoms with Crippen molar-refractivity contribution in [2.24, 2.45) is 28.2 Å². The van der Waals surface area contributed by atoms with Gasteiger partial charge in [0.05, 0.1) is 0 Å². The fourth-order valence-corrected chi connectivity index (χ4v) is 22.7. The van der Waals surface area contributed by atoms with E-state index in [1.54, 1.807) is 59.4 Å². The van der Waals surface area contributed by atoms with Gasteiger partial charge in [-0.05, 0) is 286 Å². The van der Waals surface area contributed by atoms with Gasteiger partial charge in [0.25, 0.3) is 0 Å². The smallest absolute Gasteiger partial charge is 0.201 e. The Kier molecular flexibility index (Phi) is 18.3. The Morgan fingerprint density at radius 3 is 0.924 bits per heavy atom. The second-order valence-electron chi connectivity index (χ2n) is 38.6. The lowest BCUT2D eigenvalue weighted by Crippen LogP contribution is -2.41. The molecule has 4 nitrogen and oxygen atoms in total. The first-order valence-electron chi connectivity index (χ1n) is 55.7. The first kappa shape index (κ1) is 68.3. The van der Waals surface area contributed by atoms with Crippen LogP contribution in [0.15, 0.2) is 316 Å². The van der Waals surface area contributed by atoms with Crippen LogP contribution in [0.1, 0.15) is 269 Å². The molecular weight excluding hydrogens is 1580 g/mol. The summed E-state index contributed by atoms with van der Waals surface area (Å²) in [6, 6.07) is 97.2. The summed E-state index contributed by atoms with van der Waals surface area (Å²) in [4.78, 5) is 0. The van der Waals surface area contributed by atoms with E-state index in [0.717, 1.165) is 132 Å². The van der Waals surface area contributed by atoms with Gasteiger partial charge < -0.3 is 0 Å². The average molecular weight is 1730 g/mol. The molecule has 0 radical (unpaired) electrons. The Balaban J connectivity index is 0.000000125. The van der Waals surface area contributed by atoms with E-state index in [4.69, 9.17) is 21.9 Å². The molecule has 0 amide bonds. The van der Waals surface area contributed by atoms with Gasteiger partial charge in [-0.25, -0.2) is 18.3 Å². The van der Waals surface area contributed by atoms with E-state index in [1.807, 2.05) is 209 Å². The van der Waals surface area contributed by atoms with Gasteiger partial charge in [-0.1, -0.05) is 304 Å². The van der Waals surface area contributed by atoms with Gasteiger partial charge >= 0.3 is 0 Å². The van der Waals surface area contributed by atoms with Crippen LogP contribution in [-0.2, 0) is 62.6 Å². The van der Waals surface area contributed by atoms with Crippen molar-refractivity contribution < 1.29 is 42.9 Å². The molecule has 2 fully saturated rings. The minimum Gasteiger partial charge on any atom is -0.201 e. The molecule has 654 valence electrons. The molecule has 12 aromatic carbocycles. The predicted octanol–water partition coefficient (Wildman–Crippen LogP) is 29.3. The first-order valence-corrected chi connectivity index (χ1v) is 46.7. The molecule has 4 heteroatoms. The van der Waals surface area contributed by atoms with E-state index in [0.29, 0.717) is 33.4 Å². The zero-order chi connectivity index (χ0) is 107. The van der Waals surface area contributed by atoms with Crippen molar-refractivity contribution >= 4 is 0 Å². The second-order valence-corrected chi connectivity index (χ2v) is 38.6. The van der Waals surface area contributed by atoms with Gasteiger partial charge in [0.15, 0.2) is 24.8 Å². The molecule has 4 heterocycles. The Morgan fingerprint density at radius 2 is 0.542 bits per heavy atom. The molecule has 131 heavy (non-hydrogen) atoms. The molecule has 16 aromatic rings. The molecule has 22 rings (SSSR count). The van der Waals surface area contributed by atoms with Gasteiger partial charge in [0.2, 0.25) is 22.8 Å². The number of hydrogen-bond donors (Lipinski definition) is 0. The van der Waals surface area contributed by atoms with Crippen LogP contribution < -0.4 is 18.3 Å². The topological polar surface area (TPSA) is 15.5 Å². The average Bonchev–Trinajstić information content (AvgIpc) is 1.07. The zero-order valence-corrected chi connectivity index (χ0v) is 78.2. The van der Waals surface area contributed by atoms with Crippen LogP contribution in [0.25, 0.3) is 89.5 Å². The van der Waals surface area contributed by atoms with Crippen molar-refractivity contribution in [3.8, 4) is 89.5 Å². The number of benzene rings is 12. The molecule has 2 atom stereocenters. The molecule has 0 N–H and O–H groups in total. The highest BCUT2D eigenvalue weighted by molar-refractivity contribution is 5.80. The lowest BCUT2D eigenvalue weighted by Gasteiger charge is -2.49. The van der Waals surface area contributed by atoms with E-state index in [2.05, 4.69) is 163 Å². The lowest BCUT2D eigenvalue weighted by atomic mass is 9.54. The first-order chi connectivity index (χ1) is 70.2. The van der Waals surface area contributed by atoms with Crippen LogP contribution in [-0.4, -0.2) is 0 Å². The third-order valence-corrected chi connectivity index (χ3v) is 29.9. The Morgan fingerprint density at radius 1 is 0.260 bits per heavy atom. The highest BCUT2D eigenvalue weighted by Gasteiger charge is 2.50. The summed E-state index contributed by atoms with van der Waals surface area (Å²) in [5.41, 5.74) is 35.0. The number of aromatic nitrogens is 4. The number of nitrogens with zero attached hydrogens (tertiary/aromatic N) is 4. The number of pyridine rings is 4. The van der Waals surface area contributed by atoms with Gasteiger partial charge in [-0.2, -0.15) is 0 Å². The number of rotatable bonds is 8. The Hall–Kier alpha value is -12.8.